The molecule has 0 fully saturated rings. The largest absolute Gasteiger partial charge is 0.466 e. The molecule has 17 heavy (non-hydrogen) atoms. The molecule has 1 rings (SSSR count). The maximum Gasteiger partial charge on any atom is 0.310 e. The van der Waals surface area contributed by atoms with E-state index in [1.165, 1.54) is 0 Å². The van der Waals surface area contributed by atoms with Crippen LogP contribution in [-0.4, -0.2) is 12.6 Å². The molecule has 1 aromatic carbocycles. The second-order valence-corrected chi connectivity index (χ2v) is 3.81. The molecule has 0 saturated heterocycles. The lowest BCUT2D eigenvalue weighted by atomic mass is 10.0. The first-order valence-electron chi connectivity index (χ1n) is 5.19. The van der Waals surface area contributed by atoms with Gasteiger partial charge in [0.15, 0.2) is 0 Å². The fourth-order valence-corrected chi connectivity index (χ4v) is 1.70. The van der Waals surface area contributed by atoms with E-state index in [-0.39, 0.29) is 18.9 Å². The fourth-order valence-electron chi connectivity index (χ4n) is 1.47. The molecular weight excluding hydrogens is 240 g/mol. The Hall–Kier alpha value is -1.57. The maximum atomic E-state index is 11.4. The molecule has 0 atom stereocenters. The number of ether oxygens (including phenoxy) is 1. The minimum atomic E-state index is -0.339. The van der Waals surface area contributed by atoms with Crippen LogP contribution in [-0.2, 0) is 22.5 Å². The van der Waals surface area contributed by atoms with Crippen LogP contribution in [0.1, 0.15) is 23.6 Å². The SMILES string of the molecule is CCOC(=O)Cc1cc(C#N)c(Cl)cc1CN. The zero-order valence-corrected chi connectivity index (χ0v) is 10.3. The molecule has 0 aromatic heterocycles. The highest BCUT2D eigenvalue weighted by Gasteiger charge is 2.11. The monoisotopic (exact) mass is 252 g/mol. The molecule has 0 heterocycles. The first kappa shape index (κ1) is 13.5. The van der Waals surface area contributed by atoms with Crippen LogP contribution >= 0.6 is 11.6 Å². The van der Waals surface area contributed by atoms with Crippen LogP contribution in [0.25, 0.3) is 0 Å². The molecule has 4 nitrogen and oxygen atoms in total. The van der Waals surface area contributed by atoms with Gasteiger partial charge in [0.1, 0.15) is 6.07 Å². The van der Waals surface area contributed by atoms with Gasteiger partial charge in [0.25, 0.3) is 0 Å². The zero-order chi connectivity index (χ0) is 12.8. The summed E-state index contributed by atoms with van der Waals surface area (Å²) < 4.78 is 4.85. The summed E-state index contributed by atoms with van der Waals surface area (Å²) in [6.07, 6.45) is 0.103. The molecule has 90 valence electrons. The number of esters is 1. The molecule has 0 aliphatic rings. The van der Waals surface area contributed by atoms with E-state index in [2.05, 4.69) is 0 Å². The molecule has 2 N–H and O–H groups in total. The van der Waals surface area contributed by atoms with Gasteiger partial charge in [0, 0.05) is 6.54 Å². The lowest BCUT2D eigenvalue weighted by Crippen LogP contribution is -2.11. The van der Waals surface area contributed by atoms with E-state index in [4.69, 9.17) is 27.3 Å². The van der Waals surface area contributed by atoms with E-state index < -0.39 is 0 Å². The smallest absolute Gasteiger partial charge is 0.310 e. The molecule has 0 radical (unpaired) electrons. The number of rotatable bonds is 4. The Morgan fingerprint density at radius 3 is 2.76 bits per heavy atom. The summed E-state index contributed by atoms with van der Waals surface area (Å²) in [5.74, 6) is -0.339. The topological polar surface area (TPSA) is 76.1 Å². The zero-order valence-electron chi connectivity index (χ0n) is 9.50. The Labute approximate surface area is 105 Å². The number of benzene rings is 1. The van der Waals surface area contributed by atoms with Gasteiger partial charge in [-0.2, -0.15) is 5.26 Å². The number of nitriles is 1. The summed E-state index contributed by atoms with van der Waals surface area (Å²) in [7, 11) is 0. The van der Waals surface area contributed by atoms with Gasteiger partial charge >= 0.3 is 5.97 Å². The summed E-state index contributed by atoms with van der Waals surface area (Å²) in [5.41, 5.74) is 7.34. The number of nitrogens with zero attached hydrogens (tertiary/aromatic N) is 1. The van der Waals surface area contributed by atoms with Crippen molar-refractivity contribution in [2.75, 3.05) is 6.61 Å². The molecule has 0 aliphatic carbocycles. The van der Waals surface area contributed by atoms with Crippen LogP contribution in [0.3, 0.4) is 0 Å². The molecule has 0 aliphatic heterocycles. The van der Waals surface area contributed by atoms with Crippen molar-refractivity contribution in [1.29, 1.82) is 5.26 Å². The third-order valence-electron chi connectivity index (χ3n) is 2.27. The van der Waals surface area contributed by atoms with Crippen LogP contribution in [0.2, 0.25) is 5.02 Å². The van der Waals surface area contributed by atoms with Crippen molar-refractivity contribution in [2.45, 2.75) is 19.9 Å². The number of carbonyl (C=O) groups is 1. The first-order valence-corrected chi connectivity index (χ1v) is 5.57. The minimum absolute atomic E-state index is 0.103. The summed E-state index contributed by atoms with van der Waals surface area (Å²) >= 11 is 5.88. The van der Waals surface area contributed by atoms with Gasteiger partial charge in [0.2, 0.25) is 0 Å². The van der Waals surface area contributed by atoms with Gasteiger partial charge in [-0.3, -0.25) is 4.79 Å². The Kier molecular flexibility index (Phi) is 4.95. The number of carbonyl (C=O) groups excluding carboxylic acids is 1. The van der Waals surface area contributed by atoms with Gasteiger partial charge in [0.05, 0.1) is 23.6 Å². The van der Waals surface area contributed by atoms with Gasteiger partial charge in [-0.05, 0) is 30.2 Å². The molecule has 0 spiro atoms. The number of halogens is 1. The van der Waals surface area contributed by atoms with Gasteiger partial charge in [-0.1, -0.05) is 11.6 Å². The summed E-state index contributed by atoms with van der Waals surface area (Å²) in [6.45, 7) is 2.33. The third-order valence-corrected chi connectivity index (χ3v) is 2.58. The van der Waals surface area contributed by atoms with E-state index in [1.807, 2.05) is 6.07 Å². The normalized spacial score (nSPS) is 9.76. The summed E-state index contributed by atoms with van der Waals surface area (Å²) in [4.78, 5) is 11.4. The molecule has 0 bridgehead atoms. The number of hydrogen-bond acceptors (Lipinski definition) is 4. The number of hydrogen-bond donors (Lipinski definition) is 1. The van der Waals surface area contributed by atoms with Crippen LogP contribution < -0.4 is 5.73 Å². The van der Waals surface area contributed by atoms with Crippen molar-refractivity contribution in [3.63, 3.8) is 0 Å². The quantitative estimate of drug-likeness (QED) is 0.829. The van der Waals surface area contributed by atoms with Gasteiger partial charge in [-0.25, -0.2) is 0 Å². The molecule has 5 heteroatoms. The standard InChI is InChI=1S/C12H13ClN2O2/c1-2-17-12(16)5-8-3-10(7-15)11(13)4-9(8)6-14/h3-4H,2,5-6,14H2,1H3. The Morgan fingerprint density at radius 2 is 2.24 bits per heavy atom. The summed E-state index contributed by atoms with van der Waals surface area (Å²) in [6, 6.07) is 5.17. The lowest BCUT2D eigenvalue weighted by Gasteiger charge is -2.09. The van der Waals surface area contributed by atoms with E-state index in [1.54, 1.807) is 19.1 Å². The van der Waals surface area contributed by atoms with Crippen LogP contribution in [0.15, 0.2) is 12.1 Å². The predicted octanol–water partition coefficient (Wildman–Crippen LogP) is 1.78. The van der Waals surface area contributed by atoms with Crippen LogP contribution in [0.5, 0.6) is 0 Å². The molecular formula is C12H13ClN2O2. The van der Waals surface area contributed by atoms with Crippen molar-refractivity contribution in [2.24, 2.45) is 5.73 Å². The average Bonchev–Trinajstić information content (AvgIpc) is 2.31. The highest BCUT2D eigenvalue weighted by Crippen LogP contribution is 2.21. The van der Waals surface area contributed by atoms with Crippen molar-refractivity contribution < 1.29 is 9.53 Å². The highest BCUT2D eigenvalue weighted by atomic mass is 35.5. The molecule has 0 unspecified atom stereocenters. The second kappa shape index (κ2) is 6.24. The minimum Gasteiger partial charge on any atom is -0.466 e. The Morgan fingerprint density at radius 1 is 1.53 bits per heavy atom. The van der Waals surface area contributed by atoms with Crippen molar-refractivity contribution in [1.82, 2.24) is 0 Å². The van der Waals surface area contributed by atoms with Crippen molar-refractivity contribution in [3.05, 3.63) is 33.8 Å². The van der Waals surface area contributed by atoms with Crippen molar-refractivity contribution in [3.8, 4) is 6.07 Å². The lowest BCUT2D eigenvalue weighted by molar-refractivity contribution is -0.142. The van der Waals surface area contributed by atoms with E-state index in [0.717, 1.165) is 5.56 Å². The molecule has 0 saturated carbocycles. The number of nitrogens with two attached hydrogens (primary N) is 1. The van der Waals surface area contributed by atoms with E-state index >= 15 is 0 Å². The van der Waals surface area contributed by atoms with E-state index in [9.17, 15) is 4.79 Å². The summed E-state index contributed by atoms with van der Waals surface area (Å²) in [5, 5.41) is 9.21. The fraction of sp³-hybridized carbons (Fsp3) is 0.333. The first-order chi connectivity index (χ1) is 8.12. The van der Waals surface area contributed by atoms with Gasteiger partial charge in [-0.15, -0.1) is 0 Å². The van der Waals surface area contributed by atoms with Crippen LogP contribution in [0, 0.1) is 11.3 Å². The predicted molar refractivity (Wildman–Crippen MR) is 64.4 cm³/mol. The van der Waals surface area contributed by atoms with E-state index in [0.29, 0.717) is 22.8 Å². The second-order valence-electron chi connectivity index (χ2n) is 3.40. The molecule has 1 aromatic rings. The van der Waals surface area contributed by atoms with Crippen molar-refractivity contribution >= 4 is 17.6 Å². The third kappa shape index (κ3) is 3.45. The molecule has 0 amide bonds. The maximum absolute atomic E-state index is 11.4. The Bertz CT molecular complexity index is 466. The highest BCUT2D eigenvalue weighted by molar-refractivity contribution is 6.31. The average molecular weight is 253 g/mol. The Balaban J connectivity index is 3.05. The van der Waals surface area contributed by atoms with Crippen LogP contribution in [0.4, 0.5) is 0 Å². The van der Waals surface area contributed by atoms with Gasteiger partial charge < -0.3 is 10.5 Å².